The molecular formula is C23H28N4O3S. The summed E-state index contributed by atoms with van der Waals surface area (Å²) in [6, 6.07) is 8.22. The highest BCUT2D eigenvalue weighted by atomic mass is 32.2. The number of H-pyrrole nitrogens is 1. The third-order valence-corrected chi connectivity index (χ3v) is 9.04. The van der Waals surface area contributed by atoms with Crippen LogP contribution in [0.25, 0.3) is 5.57 Å². The Morgan fingerprint density at radius 3 is 2.84 bits per heavy atom. The monoisotopic (exact) mass is 440 g/mol. The maximum atomic E-state index is 12.7. The second-order valence-corrected chi connectivity index (χ2v) is 11.4. The summed E-state index contributed by atoms with van der Waals surface area (Å²) in [6.07, 6.45) is 6.58. The van der Waals surface area contributed by atoms with Crippen LogP contribution in [0.4, 0.5) is 5.69 Å². The Kier molecular flexibility index (Phi) is 4.29. The standard InChI is InChI=1S/C23H28N4O3S/c1-27-10-20(18-4-6-25-22(18)11-27)19-8-15(26-31(28,29)16-12-30-13-16)2-3-17(19)21-9-23(21)5-7-24-14-23/h2-4,6,8,10,16,21,24-26H,5,7,9,11-14H2,1H3. The van der Waals surface area contributed by atoms with E-state index in [1.54, 1.807) is 0 Å². The van der Waals surface area contributed by atoms with E-state index in [-0.39, 0.29) is 13.2 Å². The average molecular weight is 441 g/mol. The third kappa shape index (κ3) is 3.20. The number of benzene rings is 1. The van der Waals surface area contributed by atoms with Crippen molar-refractivity contribution in [2.45, 2.75) is 30.6 Å². The number of anilines is 1. The maximum absolute atomic E-state index is 12.7. The minimum absolute atomic E-state index is 0.264. The summed E-state index contributed by atoms with van der Waals surface area (Å²) >= 11 is 0. The Balaban J connectivity index is 1.42. The number of aromatic amines is 1. The van der Waals surface area contributed by atoms with E-state index in [4.69, 9.17) is 4.74 Å². The molecule has 4 aliphatic rings. The van der Waals surface area contributed by atoms with Crippen molar-refractivity contribution in [3.05, 3.63) is 59.0 Å². The molecule has 2 saturated heterocycles. The van der Waals surface area contributed by atoms with E-state index in [9.17, 15) is 8.42 Å². The largest absolute Gasteiger partial charge is 0.378 e. The molecule has 3 aliphatic heterocycles. The fourth-order valence-electron chi connectivity index (χ4n) is 5.41. The second kappa shape index (κ2) is 6.85. The van der Waals surface area contributed by atoms with Gasteiger partial charge in [-0.2, -0.15) is 0 Å². The lowest BCUT2D eigenvalue weighted by atomic mass is 9.88. The summed E-state index contributed by atoms with van der Waals surface area (Å²) in [5.74, 6) is 0.513. The molecule has 0 amide bonds. The van der Waals surface area contributed by atoms with Crippen molar-refractivity contribution in [3.63, 3.8) is 0 Å². The Morgan fingerprint density at radius 2 is 2.10 bits per heavy atom. The van der Waals surface area contributed by atoms with Crippen LogP contribution in [0.5, 0.6) is 0 Å². The van der Waals surface area contributed by atoms with Crippen LogP contribution in [0.15, 0.2) is 36.7 Å². The number of nitrogens with one attached hydrogen (secondary N) is 3. The molecule has 0 radical (unpaired) electrons. The first-order valence-corrected chi connectivity index (χ1v) is 12.5. The molecule has 7 nitrogen and oxygen atoms in total. The van der Waals surface area contributed by atoms with Gasteiger partial charge in [0.05, 0.1) is 19.8 Å². The molecule has 2 atom stereocenters. The van der Waals surface area contributed by atoms with Gasteiger partial charge < -0.3 is 19.9 Å². The summed E-state index contributed by atoms with van der Waals surface area (Å²) in [5.41, 5.74) is 6.99. The number of fused-ring (bicyclic) bond motifs is 1. The Morgan fingerprint density at radius 1 is 1.23 bits per heavy atom. The first kappa shape index (κ1) is 19.4. The van der Waals surface area contributed by atoms with Crippen LogP contribution in [0.3, 0.4) is 0 Å². The molecule has 4 heterocycles. The SMILES string of the molecule is CN1C=C(c2cc(NS(=O)(=O)C3COC3)ccc2C2CC23CCNC3)c2cc[nH]c2C1. The first-order chi connectivity index (χ1) is 15.0. The highest BCUT2D eigenvalue weighted by molar-refractivity contribution is 7.93. The van der Waals surface area contributed by atoms with Crippen molar-refractivity contribution in [1.29, 1.82) is 0 Å². The molecule has 2 unspecified atom stereocenters. The van der Waals surface area contributed by atoms with Gasteiger partial charge in [0.1, 0.15) is 5.25 Å². The van der Waals surface area contributed by atoms with Gasteiger partial charge in [0.25, 0.3) is 0 Å². The predicted molar refractivity (Wildman–Crippen MR) is 120 cm³/mol. The van der Waals surface area contributed by atoms with E-state index in [2.05, 4.69) is 45.3 Å². The van der Waals surface area contributed by atoms with Gasteiger partial charge in [0, 0.05) is 48.5 Å². The quantitative estimate of drug-likeness (QED) is 0.665. The predicted octanol–water partition coefficient (Wildman–Crippen LogP) is 2.46. The van der Waals surface area contributed by atoms with E-state index >= 15 is 0 Å². The fourth-order valence-corrected chi connectivity index (χ4v) is 6.58. The minimum atomic E-state index is -3.45. The van der Waals surface area contributed by atoms with Crippen LogP contribution in [-0.4, -0.2) is 56.9 Å². The second-order valence-electron chi connectivity index (χ2n) is 9.48. The number of hydrogen-bond donors (Lipinski definition) is 3. The lowest BCUT2D eigenvalue weighted by Gasteiger charge is -2.27. The van der Waals surface area contributed by atoms with Crippen molar-refractivity contribution in [2.75, 3.05) is 38.1 Å². The highest BCUT2D eigenvalue weighted by Gasteiger charge is 2.56. The van der Waals surface area contributed by atoms with Crippen molar-refractivity contribution in [1.82, 2.24) is 15.2 Å². The van der Waals surface area contributed by atoms with Crippen LogP contribution < -0.4 is 10.0 Å². The molecule has 1 aromatic heterocycles. The van der Waals surface area contributed by atoms with Crippen molar-refractivity contribution < 1.29 is 13.2 Å². The Labute approximate surface area is 182 Å². The van der Waals surface area contributed by atoms with Crippen LogP contribution in [0.1, 0.15) is 41.1 Å². The van der Waals surface area contributed by atoms with Gasteiger partial charge in [-0.15, -0.1) is 0 Å². The molecule has 164 valence electrons. The summed E-state index contributed by atoms with van der Waals surface area (Å²) < 4.78 is 33.3. The number of aromatic nitrogens is 1. The summed E-state index contributed by atoms with van der Waals surface area (Å²) in [6.45, 7) is 3.52. The van der Waals surface area contributed by atoms with Crippen LogP contribution >= 0.6 is 0 Å². The zero-order valence-corrected chi connectivity index (χ0v) is 18.5. The number of rotatable bonds is 5. The Bertz CT molecular complexity index is 1160. The van der Waals surface area contributed by atoms with Crippen LogP contribution in [0.2, 0.25) is 0 Å². The van der Waals surface area contributed by atoms with E-state index in [1.807, 2.05) is 18.3 Å². The molecule has 1 aliphatic carbocycles. The third-order valence-electron chi connectivity index (χ3n) is 7.37. The topological polar surface area (TPSA) is 86.5 Å². The number of hydrogen-bond acceptors (Lipinski definition) is 5. The maximum Gasteiger partial charge on any atom is 0.240 e. The van der Waals surface area contributed by atoms with Gasteiger partial charge in [0.2, 0.25) is 10.0 Å². The molecule has 2 aromatic rings. The molecule has 1 saturated carbocycles. The minimum Gasteiger partial charge on any atom is -0.378 e. The average Bonchev–Trinajstić information content (AvgIpc) is 3.01. The van der Waals surface area contributed by atoms with Crippen LogP contribution in [0, 0.1) is 5.41 Å². The van der Waals surface area contributed by atoms with Crippen molar-refractivity contribution in [2.24, 2.45) is 5.41 Å². The normalized spacial score (nSPS) is 27.7. The molecule has 6 rings (SSSR count). The van der Waals surface area contributed by atoms with E-state index in [0.717, 1.165) is 30.8 Å². The number of sulfonamides is 1. The molecule has 3 fully saturated rings. The molecule has 3 N–H and O–H groups in total. The fraction of sp³-hybridized carbons (Fsp3) is 0.478. The number of ether oxygens (including phenoxy) is 1. The molecular weight excluding hydrogens is 412 g/mol. The van der Waals surface area contributed by atoms with Gasteiger partial charge in [-0.3, -0.25) is 4.72 Å². The van der Waals surface area contributed by atoms with E-state index in [0.29, 0.717) is 17.0 Å². The molecule has 31 heavy (non-hydrogen) atoms. The van der Waals surface area contributed by atoms with Gasteiger partial charge in [0.15, 0.2) is 0 Å². The van der Waals surface area contributed by atoms with Gasteiger partial charge in [-0.1, -0.05) is 6.07 Å². The zero-order chi connectivity index (χ0) is 21.2. The smallest absolute Gasteiger partial charge is 0.240 e. The molecule has 1 aromatic carbocycles. The van der Waals surface area contributed by atoms with Crippen molar-refractivity contribution in [3.8, 4) is 0 Å². The van der Waals surface area contributed by atoms with E-state index in [1.165, 1.54) is 29.7 Å². The van der Waals surface area contributed by atoms with Crippen molar-refractivity contribution >= 4 is 21.3 Å². The van der Waals surface area contributed by atoms with E-state index < -0.39 is 15.3 Å². The molecule has 1 spiro atoms. The van der Waals surface area contributed by atoms with Crippen LogP contribution in [-0.2, 0) is 21.3 Å². The lowest BCUT2D eigenvalue weighted by Crippen LogP contribution is -2.43. The lowest BCUT2D eigenvalue weighted by molar-refractivity contribution is 0.0418. The van der Waals surface area contributed by atoms with Gasteiger partial charge >= 0.3 is 0 Å². The van der Waals surface area contributed by atoms with Gasteiger partial charge in [-0.25, -0.2) is 8.42 Å². The zero-order valence-electron chi connectivity index (χ0n) is 17.6. The Hall–Kier alpha value is -2.29. The summed E-state index contributed by atoms with van der Waals surface area (Å²) in [5, 5.41) is 3.06. The van der Waals surface area contributed by atoms with Gasteiger partial charge in [-0.05, 0) is 60.0 Å². The highest BCUT2D eigenvalue weighted by Crippen LogP contribution is 2.63. The first-order valence-electron chi connectivity index (χ1n) is 11.0. The summed E-state index contributed by atoms with van der Waals surface area (Å²) in [7, 11) is -1.37. The molecule has 0 bridgehead atoms. The molecule has 8 heteroatoms. The number of nitrogens with zero attached hydrogens (tertiary/aromatic N) is 1. The summed E-state index contributed by atoms with van der Waals surface area (Å²) in [4.78, 5) is 5.55.